The second-order valence-corrected chi connectivity index (χ2v) is 8.54. The Kier molecular flexibility index (Phi) is 5.08. The van der Waals surface area contributed by atoms with E-state index in [4.69, 9.17) is 9.26 Å². The second-order valence-electron chi connectivity index (χ2n) is 8.54. The number of nitrogens with zero attached hydrogens (tertiary/aromatic N) is 3. The number of aryl methyl sites for hydroxylation is 1. The van der Waals surface area contributed by atoms with Crippen LogP contribution in [0.1, 0.15) is 86.1 Å². The SMILES string of the molecule is Cc1nc(C(C)(C)NC(=O)c2ccc(C3CCCC3)c(OCC3CC3)n2)no1. The number of carbonyl (C=O) groups excluding carboxylic acids is 1. The largest absolute Gasteiger partial charge is 0.477 e. The van der Waals surface area contributed by atoms with E-state index in [2.05, 4.69) is 20.4 Å². The van der Waals surface area contributed by atoms with Gasteiger partial charge in [0.15, 0.2) is 5.82 Å². The first-order valence-electron chi connectivity index (χ1n) is 10.2. The third kappa shape index (κ3) is 4.18. The Morgan fingerprint density at radius 1 is 1.21 bits per heavy atom. The van der Waals surface area contributed by atoms with E-state index in [-0.39, 0.29) is 5.91 Å². The van der Waals surface area contributed by atoms with Crippen LogP contribution in [0.15, 0.2) is 16.7 Å². The number of pyridine rings is 1. The maximum absolute atomic E-state index is 12.9. The van der Waals surface area contributed by atoms with E-state index in [1.165, 1.54) is 25.7 Å². The van der Waals surface area contributed by atoms with Crippen molar-refractivity contribution in [2.45, 2.75) is 70.8 Å². The van der Waals surface area contributed by atoms with Crippen molar-refractivity contribution >= 4 is 5.91 Å². The summed E-state index contributed by atoms with van der Waals surface area (Å²) in [5, 5.41) is 6.88. The van der Waals surface area contributed by atoms with Crippen molar-refractivity contribution in [3.8, 4) is 5.88 Å². The molecule has 2 aromatic heterocycles. The standard InChI is InChI=1S/C21H28N4O3/c1-13-22-20(25-28-13)21(2,3)24-18(26)17-11-10-16(15-6-4-5-7-15)19(23-17)27-12-14-8-9-14/h10-11,14-15H,4-9,12H2,1-3H3,(H,24,26). The molecule has 150 valence electrons. The van der Waals surface area contributed by atoms with Gasteiger partial charge in [-0.2, -0.15) is 4.98 Å². The van der Waals surface area contributed by atoms with Gasteiger partial charge in [0.2, 0.25) is 11.8 Å². The molecule has 2 heterocycles. The third-order valence-electron chi connectivity index (χ3n) is 5.58. The molecule has 0 aliphatic heterocycles. The minimum atomic E-state index is -0.768. The van der Waals surface area contributed by atoms with Crippen LogP contribution in [0.2, 0.25) is 0 Å². The molecular weight excluding hydrogens is 356 g/mol. The van der Waals surface area contributed by atoms with Crippen LogP contribution in [0.3, 0.4) is 0 Å². The van der Waals surface area contributed by atoms with E-state index < -0.39 is 5.54 Å². The van der Waals surface area contributed by atoms with Crippen LogP contribution < -0.4 is 10.1 Å². The Balaban J connectivity index is 1.54. The Bertz CT molecular complexity index is 851. The summed E-state index contributed by atoms with van der Waals surface area (Å²) in [4.78, 5) is 21.7. The zero-order chi connectivity index (χ0) is 19.7. The van der Waals surface area contributed by atoms with Gasteiger partial charge in [0.25, 0.3) is 5.91 Å². The normalized spacial score (nSPS) is 17.7. The molecular formula is C21H28N4O3. The third-order valence-corrected chi connectivity index (χ3v) is 5.58. The number of carbonyl (C=O) groups is 1. The number of amides is 1. The van der Waals surface area contributed by atoms with Crippen molar-refractivity contribution in [1.82, 2.24) is 20.4 Å². The maximum atomic E-state index is 12.9. The first-order valence-corrected chi connectivity index (χ1v) is 10.2. The lowest BCUT2D eigenvalue weighted by atomic mass is 9.98. The van der Waals surface area contributed by atoms with Crippen molar-refractivity contribution < 1.29 is 14.1 Å². The topological polar surface area (TPSA) is 90.1 Å². The van der Waals surface area contributed by atoms with Gasteiger partial charge in [-0.05, 0) is 57.4 Å². The quantitative estimate of drug-likeness (QED) is 0.779. The molecule has 0 bridgehead atoms. The number of hydrogen-bond donors (Lipinski definition) is 1. The highest BCUT2D eigenvalue weighted by Gasteiger charge is 2.30. The lowest BCUT2D eigenvalue weighted by Gasteiger charge is -2.22. The summed E-state index contributed by atoms with van der Waals surface area (Å²) in [7, 11) is 0. The lowest BCUT2D eigenvalue weighted by Crippen LogP contribution is -2.42. The summed E-state index contributed by atoms with van der Waals surface area (Å²) in [5.74, 6) is 2.37. The van der Waals surface area contributed by atoms with Gasteiger partial charge < -0.3 is 14.6 Å². The number of ether oxygens (including phenoxy) is 1. The van der Waals surface area contributed by atoms with E-state index in [0.717, 1.165) is 18.4 Å². The summed E-state index contributed by atoms with van der Waals surface area (Å²) in [5.41, 5.74) is 0.721. The summed E-state index contributed by atoms with van der Waals surface area (Å²) < 4.78 is 11.1. The van der Waals surface area contributed by atoms with E-state index >= 15 is 0 Å². The average Bonchev–Trinajstić information content (AvgIpc) is 3.13. The molecule has 28 heavy (non-hydrogen) atoms. The Morgan fingerprint density at radius 3 is 2.61 bits per heavy atom. The molecule has 0 saturated heterocycles. The molecule has 0 atom stereocenters. The fourth-order valence-corrected chi connectivity index (χ4v) is 3.68. The zero-order valence-corrected chi connectivity index (χ0v) is 16.8. The van der Waals surface area contributed by atoms with Crippen molar-refractivity contribution in [2.24, 2.45) is 5.92 Å². The maximum Gasteiger partial charge on any atom is 0.270 e. The number of rotatable bonds is 7. The summed E-state index contributed by atoms with van der Waals surface area (Å²) >= 11 is 0. The molecule has 2 saturated carbocycles. The number of nitrogens with one attached hydrogen (secondary N) is 1. The van der Waals surface area contributed by atoms with Crippen LogP contribution in [-0.4, -0.2) is 27.6 Å². The number of aromatic nitrogens is 3. The molecule has 1 amide bonds. The van der Waals surface area contributed by atoms with Crippen molar-refractivity contribution in [3.05, 3.63) is 35.1 Å². The minimum Gasteiger partial charge on any atom is -0.477 e. The molecule has 7 heteroatoms. The molecule has 7 nitrogen and oxygen atoms in total. The predicted molar refractivity (Wildman–Crippen MR) is 103 cm³/mol. The van der Waals surface area contributed by atoms with Crippen LogP contribution in [0.5, 0.6) is 5.88 Å². The first kappa shape index (κ1) is 18.9. The molecule has 4 rings (SSSR count). The molecule has 2 aliphatic rings. The van der Waals surface area contributed by atoms with Gasteiger partial charge in [-0.1, -0.05) is 24.1 Å². The Morgan fingerprint density at radius 2 is 1.96 bits per heavy atom. The highest BCUT2D eigenvalue weighted by Crippen LogP contribution is 2.39. The predicted octanol–water partition coefficient (Wildman–Crippen LogP) is 3.88. The van der Waals surface area contributed by atoms with E-state index in [1.54, 1.807) is 13.0 Å². The molecule has 2 aromatic rings. The monoisotopic (exact) mass is 384 g/mol. The minimum absolute atomic E-state index is 0.276. The van der Waals surface area contributed by atoms with Gasteiger partial charge in [-0.25, -0.2) is 4.98 Å². The van der Waals surface area contributed by atoms with Gasteiger partial charge in [0, 0.05) is 12.5 Å². The summed E-state index contributed by atoms with van der Waals surface area (Å²) in [6.45, 7) is 6.09. The summed E-state index contributed by atoms with van der Waals surface area (Å²) in [6.07, 6.45) is 7.25. The second kappa shape index (κ2) is 7.53. The first-order chi connectivity index (χ1) is 13.4. The number of hydrogen-bond acceptors (Lipinski definition) is 6. The molecule has 0 unspecified atom stereocenters. The fourth-order valence-electron chi connectivity index (χ4n) is 3.68. The van der Waals surface area contributed by atoms with Gasteiger partial charge >= 0.3 is 0 Å². The highest BCUT2D eigenvalue weighted by molar-refractivity contribution is 5.93. The molecule has 2 aliphatic carbocycles. The average molecular weight is 384 g/mol. The molecule has 0 spiro atoms. The molecule has 1 N–H and O–H groups in total. The lowest BCUT2D eigenvalue weighted by molar-refractivity contribution is 0.0901. The fraction of sp³-hybridized carbons (Fsp3) is 0.619. The van der Waals surface area contributed by atoms with E-state index in [1.807, 2.05) is 19.9 Å². The van der Waals surface area contributed by atoms with Crippen molar-refractivity contribution in [1.29, 1.82) is 0 Å². The van der Waals surface area contributed by atoms with Gasteiger partial charge in [-0.15, -0.1) is 0 Å². The van der Waals surface area contributed by atoms with Gasteiger partial charge in [0.05, 0.1) is 12.1 Å². The van der Waals surface area contributed by atoms with Gasteiger partial charge in [-0.3, -0.25) is 4.79 Å². The molecule has 2 fully saturated rings. The van der Waals surface area contributed by atoms with Crippen molar-refractivity contribution in [3.63, 3.8) is 0 Å². The Labute approximate surface area is 165 Å². The smallest absolute Gasteiger partial charge is 0.270 e. The van der Waals surface area contributed by atoms with Gasteiger partial charge in [0.1, 0.15) is 5.69 Å². The van der Waals surface area contributed by atoms with Crippen LogP contribution >= 0.6 is 0 Å². The van der Waals surface area contributed by atoms with E-state index in [0.29, 0.717) is 41.7 Å². The zero-order valence-electron chi connectivity index (χ0n) is 16.8. The van der Waals surface area contributed by atoms with Crippen molar-refractivity contribution in [2.75, 3.05) is 6.61 Å². The van der Waals surface area contributed by atoms with Crippen LogP contribution in [0.25, 0.3) is 0 Å². The summed E-state index contributed by atoms with van der Waals surface area (Å²) in [6, 6.07) is 3.82. The van der Waals surface area contributed by atoms with Crippen LogP contribution in [0.4, 0.5) is 0 Å². The van der Waals surface area contributed by atoms with E-state index in [9.17, 15) is 4.79 Å². The van der Waals surface area contributed by atoms with Crippen LogP contribution in [-0.2, 0) is 5.54 Å². The highest BCUT2D eigenvalue weighted by atomic mass is 16.5. The Hall–Kier alpha value is -2.44. The molecule has 0 aromatic carbocycles. The molecule has 0 radical (unpaired) electrons. The van der Waals surface area contributed by atoms with Crippen LogP contribution in [0, 0.1) is 12.8 Å².